The second-order valence-corrected chi connectivity index (χ2v) is 10.8. The Kier molecular flexibility index (Phi) is 8.34. The molecule has 2 aromatic heterocycles. The Balaban J connectivity index is 1.56. The van der Waals surface area contributed by atoms with E-state index in [4.69, 9.17) is 11.6 Å². The van der Waals surface area contributed by atoms with Gasteiger partial charge in [0.2, 0.25) is 0 Å². The predicted molar refractivity (Wildman–Crippen MR) is 121 cm³/mol. The largest absolute Gasteiger partial charge is 0.138 e. The van der Waals surface area contributed by atoms with Gasteiger partial charge >= 0.3 is 0 Å². The summed E-state index contributed by atoms with van der Waals surface area (Å²) < 4.78 is 2.83. The second-order valence-electron chi connectivity index (χ2n) is 8.21. The molecular weight excluding hydrogens is 376 g/mol. The van der Waals surface area contributed by atoms with Crippen molar-refractivity contribution >= 4 is 43.7 Å². The molecule has 0 atom stereocenters. The highest BCUT2D eigenvalue weighted by atomic mass is 35.5. The highest BCUT2D eigenvalue weighted by Crippen LogP contribution is 2.48. The molecule has 0 aromatic carbocycles. The van der Waals surface area contributed by atoms with Crippen molar-refractivity contribution in [1.29, 1.82) is 0 Å². The first kappa shape index (κ1) is 20.7. The molecule has 0 nitrogen and oxygen atoms in total. The van der Waals surface area contributed by atoms with Gasteiger partial charge in [0.1, 0.15) is 0 Å². The van der Waals surface area contributed by atoms with E-state index in [0.29, 0.717) is 0 Å². The summed E-state index contributed by atoms with van der Waals surface area (Å²) in [5.41, 5.74) is 0. The first-order valence-electron chi connectivity index (χ1n) is 10.9. The lowest BCUT2D eigenvalue weighted by atomic mass is 9.79. The fourth-order valence-electron chi connectivity index (χ4n) is 4.42. The van der Waals surface area contributed by atoms with Crippen molar-refractivity contribution in [1.82, 2.24) is 0 Å². The van der Waals surface area contributed by atoms with Gasteiger partial charge in [0.25, 0.3) is 0 Å². The number of hydrogen-bond donors (Lipinski definition) is 0. The summed E-state index contributed by atoms with van der Waals surface area (Å²) in [6.07, 6.45) is 17.8. The minimum absolute atomic E-state index is 0.725. The van der Waals surface area contributed by atoms with Crippen LogP contribution in [0, 0.1) is 5.92 Å². The maximum Gasteiger partial charge on any atom is 0.0726 e. The molecule has 3 heteroatoms. The van der Waals surface area contributed by atoms with Crippen LogP contribution in [0.15, 0.2) is 6.07 Å². The number of halogens is 1. The molecule has 0 bridgehead atoms. The van der Waals surface area contributed by atoms with Crippen molar-refractivity contribution < 1.29 is 0 Å². The molecule has 2 aromatic rings. The van der Waals surface area contributed by atoms with Crippen LogP contribution < -0.4 is 0 Å². The molecule has 0 radical (unpaired) electrons. The molecule has 0 amide bonds. The Morgan fingerprint density at radius 2 is 1.65 bits per heavy atom. The average molecular weight is 411 g/mol. The highest BCUT2D eigenvalue weighted by molar-refractivity contribution is 7.28. The van der Waals surface area contributed by atoms with Gasteiger partial charge in [-0.05, 0) is 56.4 Å². The Hall–Kier alpha value is -0.0500. The van der Waals surface area contributed by atoms with E-state index in [1.54, 1.807) is 4.88 Å². The van der Waals surface area contributed by atoms with Gasteiger partial charge in [0.15, 0.2) is 0 Å². The van der Waals surface area contributed by atoms with Gasteiger partial charge in [-0.2, -0.15) is 0 Å². The Morgan fingerprint density at radius 3 is 2.35 bits per heavy atom. The lowest BCUT2D eigenvalue weighted by Crippen LogP contribution is -2.12. The van der Waals surface area contributed by atoms with E-state index in [2.05, 4.69) is 19.9 Å². The lowest BCUT2D eigenvalue weighted by Gasteiger charge is -2.28. The van der Waals surface area contributed by atoms with Gasteiger partial charge in [-0.25, -0.2) is 0 Å². The quantitative estimate of drug-likeness (QED) is 0.342. The molecule has 1 fully saturated rings. The third-order valence-electron chi connectivity index (χ3n) is 6.09. The summed E-state index contributed by atoms with van der Waals surface area (Å²) in [6.45, 7) is 4.59. The van der Waals surface area contributed by atoms with Crippen molar-refractivity contribution in [2.75, 3.05) is 0 Å². The molecule has 0 unspecified atom stereocenters. The SMILES string of the molecule is CCCCCCCc1cc2sc(C3CCC(CCCC)CC3)c(Cl)c2s1. The van der Waals surface area contributed by atoms with Crippen molar-refractivity contribution in [3.05, 3.63) is 20.8 Å². The second kappa shape index (κ2) is 10.5. The Bertz CT molecular complexity index is 661. The number of thiophene rings is 2. The Morgan fingerprint density at radius 1 is 0.923 bits per heavy atom. The third-order valence-corrected chi connectivity index (χ3v) is 9.35. The topological polar surface area (TPSA) is 0 Å². The number of fused-ring (bicyclic) bond motifs is 1. The molecule has 26 heavy (non-hydrogen) atoms. The molecule has 1 aliphatic carbocycles. The lowest BCUT2D eigenvalue weighted by molar-refractivity contribution is 0.306. The molecule has 2 heterocycles. The van der Waals surface area contributed by atoms with E-state index < -0.39 is 0 Å². The van der Waals surface area contributed by atoms with E-state index in [0.717, 1.165) is 16.9 Å². The van der Waals surface area contributed by atoms with E-state index >= 15 is 0 Å². The van der Waals surface area contributed by atoms with Crippen LogP contribution in [0.25, 0.3) is 9.40 Å². The summed E-state index contributed by atoms with van der Waals surface area (Å²) in [7, 11) is 0. The van der Waals surface area contributed by atoms with E-state index in [9.17, 15) is 0 Å². The summed E-state index contributed by atoms with van der Waals surface area (Å²) in [4.78, 5) is 3.04. The van der Waals surface area contributed by atoms with Crippen LogP contribution in [0.5, 0.6) is 0 Å². The van der Waals surface area contributed by atoms with Crippen molar-refractivity contribution in [2.24, 2.45) is 5.92 Å². The minimum Gasteiger partial charge on any atom is -0.138 e. The zero-order chi connectivity index (χ0) is 18.4. The summed E-state index contributed by atoms with van der Waals surface area (Å²) in [6, 6.07) is 2.44. The monoisotopic (exact) mass is 410 g/mol. The van der Waals surface area contributed by atoms with Gasteiger partial charge in [-0.3, -0.25) is 0 Å². The number of hydrogen-bond acceptors (Lipinski definition) is 2. The first-order valence-corrected chi connectivity index (χ1v) is 12.9. The molecule has 146 valence electrons. The summed E-state index contributed by atoms with van der Waals surface area (Å²) in [5.74, 6) is 1.70. The van der Waals surface area contributed by atoms with E-state index in [1.165, 1.54) is 97.7 Å². The normalized spacial score (nSPS) is 20.9. The molecule has 1 aliphatic rings. The van der Waals surface area contributed by atoms with Crippen molar-refractivity contribution in [2.45, 2.75) is 103 Å². The predicted octanol–water partition coefficient (Wildman–Crippen LogP) is 9.59. The minimum atomic E-state index is 0.725. The molecule has 1 saturated carbocycles. The number of rotatable bonds is 10. The number of unbranched alkanes of at least 4 members (excludes halogenated alkanes) is 5. The van der Waals surface area contributed by atoms with Gasteiger partial charge < -0.3 is 0 Å². The van der Waals surface area contributed by atoms with Crippen molar-refractivity contribution in [3.63, 3.8) is 0 Å². The first-order chi connectivity index (χ1) is 12.7. The van der Waals surface area contributed by atoms with Crippen LogP contribution in [0.4, 0.5) is 0 Å². The highest BCUT2D eigenvalue weighted by Gasteiger charge is 2.26. The summed E-state index contributed by atoms with van der Waals surface area (Å²) in [5, 5.41) is 1.10. The van der Waals surface area contributed by atoms with Gasteiger partial charge in [-0.1, -0.05) is 70.4 Å². The fourth-order valence-corrected chi connectivity index (χ4v) is 7.63. The maximum atomic E-state index is 6.85. The fraction of sp³-hybridized carbons (Fsp3) is 0.739. The molecule has 0 spiro atoms. The van der Waals surface area contributed by atoms with Crippen molar-refractivity contribution in [3.8, 4) is 0 Å². The molecular formula is C23H35ClS2. The third kappa shape index (κ3) is 5.26. The molecule has 3 rings (SSSR count). The maximum absolute atomic E-state index is 6.85. The van der Waals surface area contributed by atoms with Gasteiger partial charge in [-0.15, -0.1) is 22.7 Å². The van der Waals surface area contributed by atoms with Crippen LogP contribution in [0.3, 0.4) is 0 Å². The van der Waals surface area contributed by atoms with Crippen LogP contribution >= 0.6 is 34.3 Å². The molecule has 0 aliphatic heterocycles. The van der Waals surface area contributed by atoms with Crippen LogP contribution in [-0.2, 0) is 6.42 Å². The van der Waals surface area contributed by atoms with Crippen LogP contribution in [-0.4, -0.2) is 0 Å². The van der Waals surface area contributed by atoms with Crippen LogP contribution in [0.2, 0.25) is 5.02 Å². The number of aryl methyl sites for hydroxylation is 1. The van der Waals surface area contributed by atoms with Gasteiger partial charge in [0, 0.05) is 14.5 Å². The molecule has 0 saturated heterocycles. The standard InChI is InChI=1S/C23H35ClS2/c1-3-5-7-8-9-11-19-16-20-23(25-19)21(24)22(26-20)18-14-12-17(13-15-18)10-6-4-2/h16-18H,3-15H2,1-2H3. The zero-order valence-corrected chi connectivity index (χ0v) is 19.0. The average Bonchev–Trinajstić information content (AvgIpc) is 3.19. The van der Waals surface area contributed by atoms with Crippen LogP contribution in [0.1, 0.15) is 107 Å². The molecule has 0 N–H and O–H groups in total. The smallest absolute Gasteiger partial charge is 0.0726 e. The van der Waals surface area contributed by atoms with E-state index in [-0.39, 0.29) is 0 Å². The zero-order valence-electron chi connectivity index (χ0n) is 16.6. The van der Waals surface area contributed by atoms with E-state index in [1.807, 2.05) is 22.7 Å². The van der Waals surface area contributed by atoms with Gasteiger partial charge in [0.05, 0.1) is 9.72 Å². The Labute approximate surface area is 173 Å². The summed E-state index contributed by atoms with van der Waals surface area (Å²) >= 11 is 10.8.